The number of hydrogen-bond acceptors (Lipinski definition) is 2. The SMILES string of the molecule is CC(C=O)(CN1CCC2CCCCC2C1)c1ccccc1. The highest BCUT2D eigenvalue weighted by atomic mass is 16.1. The minimum Gasteiger partial charge on any atom is -0.302 e. The van der Waals surface area contributed by atoms with E-state index < -0.39 is 0 Å². The minimum absolute atomic E-state index is 0.372. The van der Waals surface area contributed by atoms with Crippen LogP contribution in [0.25, 0.3) is 0 Å². The number of rotatable bonds is 4. The van der Waals surface area contributed by atoms with Crippen LogP contribution in [-0.2, 0) is 10.2 Å². The van der Waals surface area contributed by atoms with Crippen LogP contribution in [0.2, 0.25) is 0 Å². The van der Waals surface area contributed by atoms with E-state index >= 15 is 0 Å². The van der Waals surface area contributed by atoms with Gasteiger partial charge in [-0.1, -0.05) is 49.6 Å². The number of carbonyl (C=O) groups is 1. The van der Waals surface area contributed by atoms with Gasteiger partial charge in [-0.3, -0.25) is 0 Å². The van der Waals surface area contributed by atoms with Crippen molar-refractivity contribution >= 4 is 6.29 Å². The number of nitrogens with zero attached hydrogens (tertiary/aromatic N) is 1. The van der Waals surface area contributed by atoms with Crippen LogP contribution < -0.4 is 0 Å². The summed E-state index contributed by atoms with van der Waals surface area (Å²) in [5.74, 6) is 1.83. The largest absolute Gasteiger partial charge is 0.302 e. The van der Waals surface area contributed by atoms with Crippen molar-refractivity contribution in [3.8, 4) is 0 Å². The smallest absolute Gasteiger partial charge is 0.131 e. The van der Waals surface area contributed by atoms with Crippen molar-refractivity contribution in [3.05, 3.63) is 35.9 Å². The molecule has 1 aromatic rings. The normalized spacial score (nSPS) is 29.4. The van der Waals surface area contributed by atoms with E-state index in [9.17, 15) is 4.79 Å². The van der Waals surface area contributed by atoms with Gasteiger partial charge in [0.25, 0.3) is 0 Å². The zero-order valence-corrected chi connectivity index (χ0v) is 13.1. The fraction of sp³-hybridized carbons (Fsp3) is 0.632. The highest BCUT2D eigenvalue weighted by Gasteiger charge is 2.35. The minimum atomic E-state index is -0.372. The van der Waals surface area contributed by atoms with Gasteiger partial charge in [0.2, 0.25) is 0 Å². The van der Waals surface area contributed by atoms with Crippen molar-refractivity contribution in [3.63, 3.8) is 0 Å². The monoisotopic (exact) mass is 285 g/mol. The maximum atomic E-state index is 11.8. The first kappa shape index (κ1) is 14.8. The molecule has 1 aromatic carbocycles. The van der Waals surface area contributed by atoms with Crippen LogP contribution >= 0.6 is 0 Å². The third kappa shape index (κ3) is 3.21. The van der Waals surface area contributed by atoms with Crippen LogP contribution in [0, 0.1) is 11.8 Å². The first-order valence-electron chi connectivity index (χ1n) is 8.45. The standard InChI is InChI=1S/C19H27NO/c1-19(15-21,18-9-3-2-4-10-18)14-20-12-11-16-7-5-6-8-17(16)13-20/h2-4,9-10,15-17H,5-8,11-14H2,1H3. The molecule has 1 aliphatic carbocycles. The van der Waals surface area contributed by atoms with Crippen molar-refractivity contribution in [2.75, 3.05) is 19.6 Å². The molecule has 3 unspecified atom stereocenters. The Morgan fingerprint density at radius 3 is 2.57 bits per heavy atom. The molecule has 21 heavy (non-hydrogen) atoms. The van der Waals surface area contributed by atoms with Gasteiger partial charge in [-0.25, -0.2) is 0 Å². The lowest BCUT2D eigenvalue weighted by Gasteiger charge is -2.43. The van der Waals surface area contributed by atoms with Crippen LogP contribution in [0.4, 0.5) is 0 Å². The van der Waals surface area contributed by atoms with Gasteiger partial charge in [0.1, 0.15) is 6.29 Å². The fourth-order valence-electron chi connectivity index (χ4n) is 4.30. The lowest BCUT2D eigenvalue weighted by molar-refractivity contribution is -0.113. The van der Waals surface area contributed by atoms with E-state index in [0.29, 0.717) is 0 Å². The number of aldehydes is 1. The number of benzene rings is 1. The number of fused-ring (bicyclic) bond motifs is 1. The zero-order valence-electron chi connectivity index (χ0n) is 13.1. The molecule has 1 aliphatic heterocycles. The van der Waals surface area contributed by atoms with E-state index in [0.717, 1.165) is 36.8 Å². The summed E-state index contributed by atoms with van der Waals surface area (Å²) in [6.07, 6.45) is 8.13. The molecule has 2 fully saturated rings. The third-order valence-corrected chi connectivity index (χ3v) is 5.62. The molecular weight excluding hydrogens is 258 g/mol. The second-order valence-electron chi connectivity index (χ2n) is 7.23. The predicted molar refractivity (Wildman–Crippen MR) is 86.4 cm³/mol. The van der Waals surface area contributed by atoms with Crippen molar-refractivity contribution in [2.45, 2.75) is 44.4 Å². The molecule has 2 aliphatic rings. The molecule has 0 aromatic heterocycles. The van der Waals surface area contributed by atoms with Gasteiger partial charge in [-0.05, 0) is 43.7 Å². The van der Waals surface area contributed by atoms with Crippen LogP contribution in [0.1, 0.15) is 44.6 Å². The van der Waals surface area contributed by atoms with Crippen LogP contribution in [-0.4, -0.2) is 30.8 Å². The van der Waals surface area contributed by atoms with Gasteiger partial charge in [-0.2, -0.15) is 0 Å². The van der Waals surface area contributed by atoms with Gasteiger partial charge >= 0.3 is 0 Å². The van der Waals surface area contributed by atoms with Crippen molar-refractivity contribution in [1.29, 1.82) is 0 Å². The zero-order chi connectivity index (χ0) is 14.7. The van der Waals surface area contributed by atoms with E-state index in [4.69, 9.17) is 0 Å². The highest BCUT2D eigenvalue weighted by Crippen LogP contribution is 2.37. The van der Waals surface area contributed by atoms with E-state index in [1.165, 1.54) is 38.6 Å². The van der Waals surface area contributed by atoms with Gasteiger partial charge < -0.3 is 9.69 Å². The first-order chi connectivity index (χ1) is 10.2. The molecule has 0 spiro atoms. The summed E-state index contributed by atoms with van der Waals surface area (Å²) in [4.78, 5) is 14.3. The van der Waals surface area contributed by atoms with E-state index in [2.05, 4.69) is 24.0 Å². The molecule has 0 radical (unpaired) electrons. The number of hydrogen-bond donors (Lipinski definition) is 0. The molecule has 1 saturated heterocycles. The van der Waals surface area contributed by atoms with Crippen molar-refractivity contribution in [2.24, 2.45) is 11.8 Å². The summed E-state index contributed by atoms with van der Waals surface area (Å²) in [5, 5.41) is 0. The number of piperidine rings is 1. The molecule has 3 atom stereocenters. The molecule has 114 valence electrons. The lowest BCUT2D eigenvalue weighted by Crippen LogP contribution is -2.47. The Bertz CT molecular complexity index is 472. The lowest BCUT2D eigenvalue weighted by atomic mass is 9.74. The average molecular weight is 285 g/mol. The molecule has 2 heteroatoms. The van der Waals surface area contributed by atoms with E-state index in [-0.39, 0.29) is 5.41 Å². The maximum absolute atomic E-state index is 11.8. The van der Waals surface area contributed by atoms with Gasteiger partial charge in [0, 0.05) is 13.1 Å². The van der Waals surface area contributed by atoms with Gasteiger partial charge in [0.05, 0.1) is 5.41 Å². The second kappa shape index (κ2) is 6.31. The molecule has 2 nitrogen and oxygen atoms in total. The van der Waals surface area contributed by atoms with Crippen LogP contribution in [0.15, 0.2) is 30.3 Å². The summed E-state index contributed by atoms with van der Waals surface area (Å²) in [6, 6.07) is 10.3. The molecule has 3 rings (SSSR count). The summed E-state index contributed by atoms with van der Waals surface area (Å²) in [7, 11) is 0. The summed E-state index contributed by atoms with van der Waals surface area (Å²) >= 11 is 0. The molecule has 0 bridgehead atoms. The van der Waals surface area contributed by atoms with Gasteiger partial charge in [0.15, 0.2) is 0 Å². The Kier molecular flexibility index (Phi) is 4.44. The van der Waals surface area contributed by atoms with Crippen LogP contribution in [0.3, 0.4) is 0 Å². The molecule has 0 amide bonds. The topological polar surface area (TPSA) is 20.3 Å². The van der Waals surface area contributed by atoms with Crippen molar-refractivity contribution in [1.82, 2.24) is 4.90 Å². The van der Waals surface area contributed by atoms with Crippen molar-refractivity contribution < 1.29 is 4.79 Å². The molecule has 0 N–H and O–H groups in total. The van der Waals surface area contributed by atoms with Gasteiger partial charge in [-0.15, -0.1) is 0 Å². The molecular formula is C19H27NO. The Hall–Kier alpha value is -1.15. The summed E-state index contributed by atoms with van der Waals surface area (Å²) in [5.41, 5.74) is 0.772. The summed E-state index contributed by atoms with van der Waals surface area (Å²) in [6.45, 7) is 5.31. The Morgan fingerprint density at radius 1 is 1.14 bits per heavy atom. The highest BCUT2D eigenvalue weighted by molar-refractivity contribution is 5.68. The fourth-order valence-corrected chi connectivity index (χ4v) is 4.30. The Morgan fingerprint density at radius 2 is 1.86 bits per heavy atom. The number of likely N-dealkylation sites (tertiary alicyclic amines) is 1. The second-order valence-corrected chi connectivity index (χ2v) is 7.23. The molecule has 1 heterocycles. The van der Waals surface area contributed by atoms with E-state index in [1.807, 2.05) is 18.2 Å². The van der Waals surface area contributed by atoms with Crippen LogP contribution in [0.5, 0.6) is 0 Å². The van der Waals surface area contributed by atoms with E-state index in [1.54, 1.807) is 0 Å². The predicted octanol–water partition coefficient (Wildman–Crippen LogP) is 3.66. The molecule has 1 saturated carbocycles. The quantitative estimate of drug-likeness (QED) is 0.787. The Labute approximate surface area is 128 Å². The Balaban J connectivity index is 1.68. The number of carbonyl (C=O) groups excluding carboxylic acids is 1. The first-order valence-corrected chi connectivity index (χ1v) is 8.45. The summed E-state index contributed by atoms with van der Waals surface area (Å²) < 4.78 is 0. The average Bonchev–Trinajstić information content (AvgIpc) is 2.55. The third-order valence-electron chi connectivity index (χ3n) is 5.62. The maximum Gasteiger partial charge on any atom is 0.131 e.